The fourth-order valence-corrected chi connectivity index (χ4v) is 1.35. The number of hydrogen-bond acceptors (Lipinski definition) is 3. The molecule has 0 radical (unpaired) electrons. The molecule has 0 saturated carbocycles. The van der Waals surface area contributed by atoms with Crippen molar-refractivity contribution in [1.29, 1.82) is 5.26 Å². The number of pyridine rings is 1. The number of rotatable bonds is 5. The lowest BCUT2D eigenvalue weighted by Gasteiger charge is -2.08. The lowest BCUT2D eigenvalue weighted by molar-refractivity contribution is 0.308. The molecule has 80 valence electrons. The molecule has 15 heavy (non-hydrogen) atoms. The van der Waals surface area contributed by atoms with Crippen molar-refractivity contribution in [2.24, 2.45) is 0 Å². The summed E-state index contributed by atoms with van der Waals surface area (Å²) in [6.45, 7) is 2.44. The van der Waals surface area contributed by atoms with E-state index in [0.717, 1.165) is 17.8 Å². The van der Waals surface area contributed by atoms with Gasteiger partial charge in [0.05, 0.1) is 24.3 Å². The molecule has 0 saturated heterocycles. The van der Waals surface area contributed by atoms with Crippen LogP contribution >= 0.6 is 11.6 Å². The van der Waals surface area contributed by atoms with Crippen LogP contribution in [0.2, 0.25) is 0 Å². The van der Waals surface area contributed by atoms with E-state index in [2.05, 4.69) is 11.1 Å². The first-order chi connectivity index (χ1) is 7.27. The minimum absolute atomic E-state index is 0.343. The van der Waals surface area contributed by atoms with E-state index in [9.17, 15) is 0 Å². The van der Waals surface area contributed by atoms with Crippen LogP contribution in [0.1, 0.15) is 24.2 Å². The van der Waals surface area contributed by atoms with Gasteiger partial charge in [-0.05, 0) is 25.5 Å². The molecule has 0 bridgehead atoms. The Morgan fingerprint density at radius 3 is 3.00 bits per heavy atom. The first-order valence-electron chi connectivity index (χ1n) is 4.80. The Hall–Kier alpha value is -1.27. The van der Waals surface area contributed by atoms with Crippen LogP contribution in [-0.4, -0.2) is 11.6 Å². The van der Waals surface area contributed by atoms with Crippen LogP contribution in [0, 0.1) is 18.3 Å². The summed E-state index contributed by atoms with van der Waals surface area (Å²) in [7, 11) is 0. The molecule has 0 unspecified atom stereocenters. The molecule has 1 heterocycles. The average molecular weight is 225 g/mol. The van der Waals surface area contributed by atoms with E-state index in [1.54, 1.807) is 0 Å². The summed E-state index contributed by atoms with van der Waals surface area (Å²) in [5.41, 5.74) is 1.68. The van der Waals surface area contributed by atoms with Crippen LogP contribution in [0.15, 0.2) is 12.1 Å². The van der Waals surface area contributed by atoms with Crippen molar-refractivity contribution in [3.05, 3.63) is 23.5 Å². The summed E-state index contributed by atoms with van der Waals surface area (Å²) in [5, 5.41) is 8.36. The average Bonchev–Trinajstić information content (AvgIpc) is 2.26. The summed E-state index contributed by atoms with van der Waals surface area (Å²) in [5.74, 6) is 1.06. The SMILES string of the molecule is Cc1ccc(OCCCC#N)c(CCl)n1. The first kappa shape index (κ1) is 11.8. The van der Waals surface area contributed by atoms with Crippen LogP contribution in [0.25, 0.3) is 0 Å². The zero-order valence-electron chi connectivity index (χ0n) is 8.66. The van der Waals surface area contributed by atoms with Crippen molar-refractivity contribution in [2.45, 2.75) is 25.6 Å². The van der Waals surface area contributed by atoms with Gasteiger partial charge < -0.3 is 4.74 Å². The highest BCUT2D eigenvalue weighted by atomic mass is 35.5. The monoisotopic (exact) mass is 224 g/mol. The minimum Gasteiger partial charge on any atom is -0.492 e. The second-order valence-electron chi connectivity index (χ2n) is 3.14. The molecular formula is C11H13ClN2O. The van der Waals surface area contributed by atoms with Crippen molar-refractivity contribution >= 4 is 11.6 Å². The second-order valence-corrected chi connectivity index (χ2v) is 3.41. The molecule has 0 aliphatic carbocycles. The molecule has 0 aliphatic rings. The van der Waals surface area contributed by atoms with Gasteiger partial charge >= 0.3 is 0 Å². The van der Waals surface area contributed by atoms with E-state index < -0.39 is 0 Å². The Bertz CT molecular complexity index is 360. The number of alkyl halides is 1. The van der Waals surface area contributed by atoms with Crippen molar-refractivity contribution in [3.63, 3.8) is 0 Å². The number of aryl methyl sites for hydroxylation is 1. The summed E-state index contributed by atoms with van der Waals surface area (Å²) in [6, 6.07) is 5.82. The molecule has 0 fully saturated rings. The molecule has 0 aliphatic heterocycles. The molecule has 0 spiro atoms. The van der Waals surface area contributed by atoms with E-state index in [0.29, 0.717) is 24.7 Å². The molecule has 3 nitrogen and oxygen atoms in total. The third-order valence-electron chi connectivity index (χ3n) is 1.89. The highest BCUT2D eigenvalue weighted by molar-refractivity contribution is 6.17. The normalized spacial score (nSPS) is 9.67. The van der Waals surface area contributed by atoms with Gasteiger partial charge in [-0.25, -0.2) is 0 Å². The van der Waals surface area contributed by atoms with E-state index in [1.165, 1.54) is 0 Å². The van der Waals surface area contributed by atoms with Gasteiger partial charge in [0, 0.05) is 12.1 Å². The summed E-state index contributed by atoms with van der Waals surface area (Å²) in [6.07, 6.45) is 1.24. The van der Waals surface area contributed by atoms with Gasteiger partial charge in [0.15, 0.2) is 0 Å². The maximum Gasteiger partial charge on any atom is 0.142 e. The number of unbranched alkanes of at least 4 members (excludes halogenated alkanes) is 1. The fourth-order valence-electron chi connectivity index (χ4n) is 1.16. The smallest absolute Gasteiger partial charge is 0.142 e. The zero-order valence-corrected chi connectivity index (χ0v) is 9.42. The lowest BCUT2D eigenvalue weighted by Crippen LogP contribution is -2.01. The van der Waals surface area contributed by atoms with Gasteiger partial charge in [-0.1, -0.05) is 0 Å². The molecular weight excluding hydrogens is 212 g/mol. The van der Waals surface area contributed by atoms with Crippen molar-refractivity contribution in [2.75, 3.05) is 6.61 Å². The topological polar surface area (TPSA) is 45.9 Å². The maximum absolute atomic E-state index is 8.36. The number of nitrogens with zero attached hydrogens (tertiary/aromatic N) is 2. The predicted octanol–water partition coefficient (Wildman–Crippen LogP) is 2.81. The zero-order chi connectivity index (χ0) is 11.1. The maximum atomic E-state index is 8.36. The van der Waals surface area contributed by atoms with Gasteiger partial charge in [0.2, 0.25) is 0 Å². The first-order valence-corrected chi connectivity index (χ1v) is 5.33. The van der Waals surface area contributed by atoms with E-state index in [1.807, 2.05) is 19.1 Å². The standard InChI is InChI=1S/C11H13ClN2O/c1-9-4-5-11(10(8-12)14-9)15-7-3-2-6-13/h4-5H,2-3,7-8H2,1H3. The second kappa shape index (κ2) is 6.26. The third kappa shape index (κ3) is 3.77. The Morgan fingerprint density at radius 2 is 2.33 bits per heavy atom. The van der Waals surface area contributed by atoms with E-state index in [-0.39, 0.29) is 0 Å². The van der Waals surface area contributed by atoms with Gasteiger partial charge in [0.25, 0.3) is 0 Å². The molecule has 0 atom stereocenters. The quantitative estimate of drug-likeness (QED) is 0.571. The van der Waals surface area contributed by atoms with Crippen molar-refractivity contribution in [1.82, 2.24) is 4.98 Å². The van der Waals surface area contributed by atoms with E-state index in [4.69, 9.17) is 21.6 Å². The van der Waals surface area contributed by atoms with Crippen LogP contribution in [0.5, 0.6) is 5.75 Å². The summed E-state index contributed by atoms with van der Waals surface area (Å²) < 4.78 is 5.49. The summed E-state index contributed by atoms with van der Waals surface area (Å²) >= 11 is 5.75. The number of halogens is 1. The van der Waals surface area contributed by atoms with Crippen LogP contribution in [0.3, 0.4) is 0 Å². The lowest BCUT2D eigenvalue weighted by atomic mass is 10.3. The Labute approximate surface area is 94.7 Å². The van der Waals surface area contributed by atoms with Crippen LogP contribution < -0.4 is 4.74 Å². The number of aromatic nitrogens is 1. The molecule has 1 rings (SSSR count). The Kier molecular flexibility index (Phi) is 4.92. The Morgan fingerprint density at radius 1 is 1.53 bits per heavy atom. The molecule has 4 heteroatoms. The van der Waals surface area contributed by atoms with Crippen LogP contribution in [0.4, 0.5) is 0 Å². The highest BCUT2D eigenvalue weighted by Gasteiger charge is 2.04. The fraction of sp³-hybridized carbons (Fsp3) is 0.455. The van der Waals surface area contributed by atoms with Crippen LogP contribution in [-0.2, 0) is 5.88 Å². The van der Waals surface area contributed by atoms with Crippen molar-refractivity contribution in [3.8, 4) is 11.8 Å². The third-order valence-corrected chi connectivity index (χ3v) is 2.14. The minimum atomic E-state index is 0.343. The van der Waals surface area contributed by atoms with Gasteiger partial charge in [-0.2, -0.15) is 5.26 Å². The number of ether oxygens (including phenoxy) is 1. The predicted molar refractivity (Wildman–Crippen MR) is 58.9 cm³/mol. The van der Waals surface area contributed by atoms with E-state index >= 15 is 0 Å². The highest BCUT2D eigenvalue weighted by Crippen LogP contribution is 2.18. The van der Waals surface area contributed by atoms with Gasteiger partial charge in [-0.15, -0.1) is 11.6 Å². The molecule has 0 N–H and O–H groups in total. The Balaban J connectivity index is 2.57. The molecule has 0 aromatic carbocycles. The summed E-state index contributed by atoms with van der Waals surface area (Å²) in [4.78, 5) is 4.27. The molecule has 0 amide bonds. The number of hydrogen-bond donors (Lipinski definition) is 0. The van der Waals surface area contributed by atoms with Gasteiger partial charge in [0.1, 0.15) is 5.75 Å². The number of nitriles is 1. The molecule has 1 aromatic heterocycles. The largest absolute Gasteiger partial charge is 0.492 e. The van der Waals surface area contributed by atoms with Gasteiger partial charge in [-0.3, -0.25) is 4.98 Å². The van der Waals surface area contributed by atoms with Crippen molar-refractivity contribution < 1.29 is 4.74 Å². The molecule has 1 aromatic rings.